The fraction of sp³-hybridized carbons (Fsp3) is 0.571. The van der Waals surface area contributed by atoms with Crippen LogP contribution in [0, 0.1) is 6.92 Å². The normalized spacial score (nSPS) is 21.0. The SMILES string of the molecule is CCNC(=NCc1cccnc1-n1ccnc1C)N1CCC(N2CCOCC2)C1. The molecular formula is C21H31N7O. The number of aryl methyl sites for hydroxylation is 1. The Balaban J connectivity index is 1.48. The highest BCUT2D eigenvalue weighted by Gasteiger charge is 2.30. The van der Waals surface area contributed by atoms with E-state index in [4.69, 9.17) is 9.73 Å². The van der Waals surface area contributed by atoms with Crippen molar-refractivity contribution in [3.63, 3.8) is 0 Å². The summed E-state index contributed by atoms with van der Waals surface area (Å²) in [7, 11) is 0. The number of rotatable bonds is 5. The Morgan fingerprint density at radius 1 is 1.24 bits per heavy atom. The summed E-state index contributed by atoms with van der Waals surface area (Å²) in [5.74, 6) is 2.81. The Morgan fingerprint density at radius 3 is 2.86 bits per heavy atom. The Labute approximate surface area is 172 Å². The van der Waals surface area contributed by atoms with Crippen molar-refractivity contribution in [3.8, 4) is 5.82 Å². The first-order valence-electron chi connectivity index (χ1n) is 10.6. The number of aromatic nitrogens is 3. The molecule has 0 spiro atoms. The Morgan fingerprint density at radius 2 is 2.10 bits per heavy atom. The standard InChI is InChI=1S/C21H31N7O/c1-3-22-21(27-9-6-19(16-27)26-11-13-29-14-12-26)25-15-18-5-4-7-24-20(18)28-10-8-23-17(28)2/h4-5,7-8,10,19H,3,6,9,11-16H2,1-2H3,(H,22,25). The minimum absolute atomic E-state index is 0.585. The highest BCUT2D eigenvalue weighted by atomic mass is 16.5. The summed E-state index contributed by atoms with van der Waals surface area (Å²) in [6.07, 6.45) is 6.75. The summed E-state index contributed by atoms with van der Waals surface area (Å²) in [5, 5.41) is 3.48. The molecule has 8 nitrogen and oxygen atoms in total. The number of hydrogen-bond donors (Lipinski definition) is 1. The van der Waals surface area contributed by atoms with Crippen molar-refractivity contribution in [3.05, 3.63) is 42.1 Å². The molecule has 2 aromatic heterocycles. The molecule has 0 radical (unpaired) electrons. The molecule has 29 heavy (non-hydrogen) atoms. The van der Waals surface area contributed by atoms with Crippen molar-refractivity contribution in [1.29, 1.82) is 0 Å². The van der Waals surface area contributed by atoms with Crippen molar-refractivity contribution in [2.24, 2.45) is 4.99 Å². The van der Waals surface area contributed by atoms with Gasteiger partial charge in [0, 0.05) is 62.9 Å². The number of aliphatic imine (C=N–C) groups is 1. The van der Waals surface area contributed by atoms with Crippen LogP contribution in [0.15, 0.2) is 35.7 Å². The topological polar surface area (TPSA) is 70.8 Å². The zero-order valence-electron chi connectivity index (χ0n) is 17.4. The van der Waals surface area contributed by atoms with Crippen LogP contribution < -0.4 is 5.32 Å². The number of hydrogen-bond acceptors (Lipinski definition) is 5. The number of likely N-dealkylation sites (tertiary alicyclic amines) is 1. The lowest BCUT2D eigenvalue weighted by molar-refractivity contribution is 0.0195. The zero-order valence-corrected chi connectivity index (χ0v) is 17.4. The van der Waals surface area contributed by atoms with E-state index in [1.165, 1.54) is 6.42 Å². The molecule has 4 rings (SSSR count). The maximum absolute atomic E-state index is 5.51. The quantitative estimate of drug-likeness (QED) is 0.608. The van der Waals surface area contributed by atoms with Gasteiger partial charge in [-0.1, -0.05) is 6.07 Å². The van der Waals surface area contributed by atoms with Gasteiger partial charge in [-0.15, -0.1) is 0 Å². The van der Waals surface area contributed by atoms with E-state index < -0.39 is 0 Å². The monoisotopic (exact) mass is 397 g/mol. The molecule has 0 aromatic carbocycles. The van der Waals surface area contributed by atoms with Crippen molar-refractivity contribution in [2.75, 3.05) is 45.9 Å². The Hall–Kier alpha value is -2.45. The summed E-state index contributed by atoms with van der Waals surface area (Å²) in [6, 6.07) is 4.65. The fourth-order valence-corrected chi connectivity index (χ4v) is 4.13. The zero-order chi connectivity index (χ0) is 20.1. The Bertz CT molecular complexity index is 828. The van der Waals surface area contributed by atoms with E-state index in [1.807, 2.05) is 30.0 Å². The maximum atomic E-state index is 5.51. The predicted molar refractivity (Wildman–Crippen MR) is 113 cm³/mol. The summed E-state index contributed by atoms with van der Waals surface area (Å²) in [6.45, 7) is 11.4. The van der Waals surface area contributed by atoms with Gasteiger partial charge in [0.05, 0.1) is 19.8 Å². The maximum Gasteiger partial charge on any atom is 0.194 e. The first kappa shape index (κ1) is 19.8. The number of ether oxygens (including phenoxy) is 1. The summed E-state index contributed by atoms with van der Waals surface area (Å²) in [5.41, 5.74) is 1.09. The molecule has 0 saturated carbocycles. The summed E-state index contributed by atoms with van der Waals surface area (Å²) >= 11 is 0. The van der Waals surface area contributed by atoms with Gasteiger partial charge in [-0.3, -0.25) is 9.47 Å². The van der Waals surface area contributed by atoms with Gasteiger partial charge in [0.15, 0.2) is 5.96 Å². The number of nitrogens with zero attached hydrogens (tertiary/aromatic N) is 6. The number of guanidine groups is 1. The first-order chi connectivity index (χ1) is 14.3. The van der Waals surface area contributed by atoms with E-state index in [9.17, 15) is 0 Å². The minimum Gasteiger partial charge on any atom is -0.379 e. The van der Waals surface area contributed by atoms with Gasteiger partial charge in [-0.25, -0.2) is 15.0 Å². The molecule has 1 N–H and O–H groups in total. The van der Waals surface area contributed by atoms with Crippen LogP contribution >= 0.6 is 0 Å². The molecule has 1 atom stereocenters. The van der Waals surface area contributed by atoms with Crippen LogP contribution in [0.2, 0.25) is 0 Å². The molecule has 2 aliphatic heterocycles. The van der Waals surface area contributed by atoms with Crippen LogP contribution in [0.25, 0.3) is 5.82 Å². The largest absolute Gasteiger partial charge is 0.379 e. The van der Waals surface area contributed by atoms with E-state index in [1.54, 1.807) is 6.20 Å². The van der Waals surface area contributed by atoms with Gasteiger partial charge in [0.25, 0.3) is 0 Å². The smallest absolute Gasteiger partial charge is 0.194 e. The van der Waals surface area contributed by atoms with Crippen LogP contribution in [0.1, 0.15) is 24.7 Å². The van der Waals surface area contributed by atoms with E-state index in [2.05, 4.69) is 38.1 Å². The highest BCUT2D eigenvalue weighted by Crippen LogP contribution is 2.18. The molecule has 2 aliphatic rings. The third kappa shape index (κ3) is 4.59. The second-order valence-electron chi connectivity index (χ2n) is 7.54. The molecule has 0 amide bonds. The van der Waals surface area contributed by atoms with Crippen molar-refractivity contribution in [1.82, 2.24) is 29.7 Å². The van der Waals surface area contributed by atoms with Crippen LogP contribution in [-0.2, 0) is 11.3 Å². The number of morpholine rings is 1. The van der Waals surface area contributed by atoms with E-state index >= 15 is 0 Å². The third-order valence-corrected chi connectivity index (χ3v) is 5.68. The van der Waals surface area contributed by atoms with Crippen molar-refractivity contribution in [2.45, 2.75) is 32.9 Å². The first-order valence-corrected chi connectivity index (χ1v) is 10.6. The predicted octanol–water partition coefficient (Wildman–Crippen LogP) is 1.45. The number of pyridine rings is 1. The van der Waals surface area contributed by atoms with Crippen LogP contribution in [0.5, 0.6) is 0 Å². The average molecular weight is 398 g/mol. The third-order valence-electron chi connectivity index (χ3n) is 5.68. The fourth-order valence-electron chi connectivity index (χ4n) is 4.13. The van der Waals surface area contributed by atoms with Gasteiger partial charge >= 0.3 is 0 Å². The molecule has 1 unspecified atom stereocenters. The number of nitrogens with one attached hydrogen (secondary N) is 1. The molecule has 0 aliphatic carbocycles. The van der Waals surface area contributed by atoms with Crippen LogP contribution in [0.4, 0.5) is 0 Å². The second kappa shape index (κ2) is 9.37. The molecule has 2 aromatic rings. The lowest BCUT2D eigenvalue weighted by Gasteiger charge is -2.32. The molecule has 2 fully saturated rings. The van der Waals surface area contributed by atoms with E-state index in [-0.39, 0.29) is 0 Å². The Kier molecular flexibility index (Phi) is 6.41. The van der Waals surface area contributed by atoms with Crippen LogP contribution in [-0.4, -0.2) is 82.3 Å². The van der Waals surface area contributed by atoms with Gasteiger partial charge in [-0.2, -0.15) is 0 Å². The highest BCUT2D eigenvalue weighted by molar-refractivity contribution is 5.80. The molecule has 8 heteroatoms. The van der Waals surface area contributed by atoms with Crippen LogP contribution in [0.3, 0.4) is 0 Å². The number of imidazole rings is 1. The van der Waals surface area contributed by atoms with Gasteiger partial charge < -0.3 is 15.0 Å². The summed E-state index contributed by atoms with van der Waals surface area (Å²) in [4.78, 5) is 18.8. The van der Waals surface area contributed by atoms with Gasteiger partial charge in [0.1, 0.15) is 11.6 Å². The van der Waals surface area contributed by atoms with E-state index in [0.717, 1.165) is 69.1 Å². The van der Waals surface area contributed by atoms with Gasteiger partial charge in [0.2, 0.25) is 0 Å². The van der Waals surface area contributed by atoms with E-state index in [0.29, 0.717) is 12.6 Å². The van der Waals surface area contributed by atoms with Crippen molar-refractivity contribution >= 4 is 5.96 Å². The lowest BCUT2D eigenvalue weighted by Crippen LogP contribution is -2.46. The second-order valence-corrected chi connectivity index (χ2v) is 7.54. The summed E-state index contributed by atoms with van der Waals surface area (Å²) < 4.78 is 7.52. The molecule has 2 saturated heterocycles. The molecule has 156 valence electrons. The minimum atomic E-state index is 0.585. The van der Waals surface area contributed by atoms with Crippen molar-refractivity contribution < 1.29 is 4.74 Å². The lowest BCUT2D eigenvalue weighted by atomic mass is 10.2. The molecule has 0 bridgehead atoms. The molecular weight excluding hydrogens is 366 g/mol. The average Bonchev–Trinajstić information content (AvgIpc) is 3.41. The van der Waals surface area contributed by atoms with Gasteiger partial charge in [-0.05, 0) is 26.3 Å². The molecule has 4 heterocycles.